The molecule has 25 heavy (non-hydrogen) atoms. The lowest BCUT2D eigenvalue weighted by Crippen LogP contribution is -2.41. The molecule has 1 N–H and O–H groups in total. The van der Waals surface area contributed by atoms with Gasteiger partial charge >= 0.3 is 6.36 Å². The number of benzene rings is 1. The van der Waals surface area contributed by atoms with Crippen molar-refractivity contribution in [2.45, 2.75) is 19.2 Å². The monoisotopic (exact) mass is 359 g/mol. The van der Waals surface area contributed by atoms with Crippen molar-refractivity contribution in [1.29, 1.82) is 0 Å². The first kappa shape index (κ1) is 19.4. The molecule has 2 rings (SSSR count). The molecular weight excluding hydrogens is 335 g/mol. The second kappa shape index (κ2) is 8.94. The lowest BCUT2D eigenvalue weighted by Gasteiger charge is -2.21. The van der Waals surface area contributed by atoms with E-state index in [1.165, 1.54) is 12.1 Å². The lowest BCUT2D eigenvalue weighted by molar-refractivity contribution is -0.274. The van der Waals surface area contributed by atoms with E-state index in [0.29, 0.717) is 18.9 Å². The first-order valence-electron chi connectivity index (χ1n) is 8.20. The number of alkyl halides is 3. The van der Waals surface area contributed by atoms with E-state index < -0.39 is 6.36 Å². The maximum atomic E-state index is 12.1. The molecule has 1 aromatic rings. The minimum atomic E-state index is -4.66. The molecule has 0 amide bonds. The molecule has 0 aromatic heterocycles. The van der Waals surface area contributed by atoms with E-state index in [2.05, 4.69) is 19.9 Å². The third-order valence-corrected chi connectivity index (χ3v) is 4.05. The summed E-state index contributed by atoms with van der Waals surface area (Å²) in [5.41, 5.74) is 0.927. The number of hydrogen-bond donors (Lipinski definition) is 1. The fraction of sp³-hybridized carbons (Fsp3) is 0.588. The van der Waals surface area contributed by atoms with Crippen molar-refractivity contribution in [2.75, 3.05) is 40.4 Å². The van der Waals surface area contributed by atoms with Crippen LogP contribution in [0.25, 0.3) is 0 Å². The number of likely N-dealkylation sites (tertiary alicyclic amines) is 1. The number of rotatable bonds is 6. The molecule has 0 radical (unpaired) electrons. The van der Waals surface area contributed by atoms with Crippen LogP contribution >= 0.6 is 0 Å². The van der Waals surface area contributed by atoms with Crippen LogP contribution in [0.1, 0.15) is 12.0 Å². The Morgan fingerprint density at radius 1 is 1.32 bits per heavy atom. The Hall–Kier alpha value is -1.96. The summed E-state index contributed by atoms with van der Waals surface area (Å²) in [6.07, 6.45) is -2.90. The summed E-state index contributed by atoms with van der Waals surface area (Å²) >= 11 is 0. The number of nitrogens with one attached hydrogen (secondary N) is 1. The van der Waals surface area contributed by atoms with Crippen LogP contribution in [0.4, 0.5) is 13.2 Å². The number of hydrogen-bond acceptors (Lipinski definition) is 3. The Balaban J connectivity index is 1.77. The van der Waals surface area contributed by atoms with Gasteiger partial charge in [0.15, 0.2) is 5.96 Å². The maximum absolute atomic E-state index is 12.1. The van der Waals surface area contributed by atoms with Crippen LogP contribution in [0.3, 0.4) is 0 Å². The molecule has 1 heterocycles. The van der Waals surface area contributed by atoms with Gasteiger partial charge in [0, 0.05) is 39.7 Å². The van der Waals surface area contributed by atoms with Crippen LogP contribution in [0.5, 0.6) is 5.75 Å². The predicted molar refractivity (Wildman–Crippen MR) is 89.7 cm³/mol. The highest BCUT2D eigenvalue weighted by molar-refractivity contribution is 5.80. The second-order valence-corrected chi connectivity index (χ2v) is 5.97. The van der Waals surface area contributed by atoms with Crippen molar-refractivity contribution in [3.05, 3.63) is 29.8 Å². The van der Waals surface area contributed by atoms with E-state index >= 15 is 0 Å². The number of nitrogens with zero attached hydrogens (tertiary/aromatic N) is 2. The van der Waals surface area contributed by atoms with Gasteiger partial charge in [-0.1, -0.05) is 12.1 Å². The zero-order valence-corrected chi connectivity index (χ0v) is 14.5. The minimum absolute atomic E-state index is 0.207. The molecule has 1 fully saturated rings. The third kappa shape index (κ3) is 6.45. The summed E-state index contributed by atoms with van der Waals surface area (Å²) in [4.78, 5) is 6.49. The molecule has 1 unspecified atom stereocenters. The van der Waals surface area contributed by atoms with E-state index in [1.54, 1.807) is 26.3 Å². The number of methoxy groups -OCH3 is 1. The van der Waals surface area contributed by atoms with Gasteiger partial charge in [0.25, 0.3) is 0 Å². The topological polar surface area (TPSA) is 46.1 Å². The molecule has 1 aliphatic heterocycles. The largest absolute Gasteiger partial charge is 0.573 e. The van der Waals surface area contributed by atoms with Crippen LogP contribution in [-0.2, 0) is 11.2 Å². The normalized spacial score (nSPS) is 18.5. The van der Waals surface area contributed by atoms with Crippen LogP contribution < -0.4 is 10.1 Å². The summed E-state index contributed by atoms with van der Waals surface area (Å²) in [5.74, 6) is 1.15. The van der Waals surface area contributed by atoms with Gasteiger partial charge in [-0.3, -0.25) is 4.99 Å². The van der Waals surface area contributed by atoms with Gasteiger partial charge in [0.1, 0.15) is 5.75 Å². The molecule has 1 atom stereocenters. The average Bonchev–Trinajstić information content (AvgIpc) is 3.00. The van der Waals surface area contributed by atoms with Gasteiger partial charge in [-0.25, -0.2) is 0 Å². The molecule has 1 saturated heterocycles. The standard InChI is InChI=1S/C17H24F3N3O2/c1-21-16(23-10-8-14(11-23)12-24-2)22-9-7-13-3-5-15(6-4-13)25-17(18,19)20/h3-6,14H,7-12H2,1-2H3,(H,21,22). The molecule has 0 aliphatic carbocycles. The summed E-state index contributed by atoms with van der Waals surface area (Å²) in [7, 11) is 3.45. The Morgan fingerprint density at radius 2 is 2.04 bits per heavy atom. The predicted octanol–water partition coefficient (Wildman–Crippen LogP) is 2.67. The number of guanidine groups is 1. The number of halogens is 3. The first-order chi connectivity index (χ1) is 11.9. The van der Waals surface area contributed by atoms with Gasteiger partial charge in [-0.2, -0.15) is 0 Å². The summed E-state index contributed by atoms with van der Waals surface area (Å²) in [5, 5.41) is 3.30. The van der Waals surface area contributed by atoms with Crippen LogP contribution in [0, 0.1) is 5.92 Å². The first-order valence-corrected chi connectivity index (χ1v) is 8.20. The van der Waals surface area contributed by atoms with E-state index in [-0.39, 0.29) is 5.75 Å². The van der Waals surface area contributed by atoms with Gasteiger partial charge in [0.05, 0.1) is 6.61 Å². The molecule has 0 spiro atoms. The quantitative estimate of drug-likeness (QED) is 0.627. The highest BCUT2D eigenvalue weighted by atomic mass is 19.4. The minimum Gasteiger partial charge on any atom is -0.406 e. The number of aliphatic imine (C=N–C) groups is 1. The zero-order chi connectivity index (χ0) is 18.3. The van der Waals surface area contributed by atoms with Crippen molar-refractivity contribution >= 4 is 5.96 Å². The van der Waals surface area contributed by atoms with Crippen molar-refractivity contribution < 1.29 is 22.6 Å². The number of ether oxygens (including phenoxy) is 2. The van der Waals surface area contributed by atoms with E-state index in [4.69, 9.17) is 4.74 Å². The molecule has 8 heteroatoms. The fourth-order valence-electron chi connectivity index (χ4n) is 2.91. The molecule has 5 nitrogen and oxygen atoms in total. The van der Waals surface area contributed by atoms with Crippen molar-refractivity contribution in [1.82, 2.24) is 10.2 Å². The second-order valence-electron chi connectivity index (χ2n) is 5.97. The van der Waals surface area contributed by atoms with Crippen LogP contribution in [-0.4, -0.2) is 57.6 Å². The summed E-state index contributed by atoms with van der Waals surface area (Å²) in [6.45, 7) is 3.26. The fourth-order valence-corrected chi connectivity index (χ4v) is 2.91. The third-order valence-electron chi connectivity index (χ3n) is 4.05. The SMILES string of the molecule is CN=C(NCCc1ccc(OC(F)(F)F)cc1)N1CCC(COC)C1. The van der Waals surface area contributed by atoms with E-state index in [0.717, 1.165) is 37.6 Å². The van der Waals surface area contributed by atoms with Crippen LogP contribution in [0.15, 0.2) is 29.3 Å². The highest BCUT2D eigenvalue weighted by Gasteiger charge is 2.31. The van der Waals surface area contributed by atoms with Crippen molar-refractivity contribution in [3.63, 3.8) is 0 Å². The van der Waals surface area contributed by atoms with Gasteiger partial charge in [-0.15, -0.1) is 13.2 Å². The van der Waals surface area contributed by atoms with Gasteiger partial charge < -0.3 is 19.7 Å². The average molecular weight is 359 g/mol. The molecule has 1 aliphatic rings. The molecule has 140 valence electrons. The maximum Gasteiger partial charge on any atom is 0.573 e. The van der Waals surface area contributed by atoms with Gasteiger partial charge in [0.2, 0.25) is 0 Å². The molecule has 0 bridgehead atoms. The Kier molecular flexibility index (Phi) is 6.92. The molecular formula is C17H24F3N3O2. The van der Waals surface area contributed by atoms with Gasteiger partial charge in [-0.05, 0) is 30.5 Å². The van der Waals surface area contributed by atoms with Crippen molar-refractivity contribution in [3.8, 4) is 5.75 Å². The van der Waals surface area contributed by atoms with E-state index in [1.807, 2.05) is 0 Å². The van der Waals surface area contributed by atoms with Crippen molar-refractivity contribution in [2.24, 2.45) is 10.9 Å². The highest BCUT2D eigenvalue weighted by Crippen LogP contribution is 2.22. The Bertz CT molecular complexity index is 561. The summed E-state index contributed by atoms with van der Waals surface area (Å²) in [6, 6.07) is 5.92. The zero-order valence-electron chi connectivity index (χ0n) is 14.5. The Morgan fingerprint density at radius 3 is 2.64 bits per heavy atom. The smallest absolute Gasteiger partial charge is 0.406 e. The Labute approximate surface area is 145 Å². The molecule has 0 saturated carbocycles. The molecule has 1 aromatic carbocycles. The van der Waals surface area contributed by atoms with Crippen LogP contribution in [0.2, 0.25) is 0 Å². The summed E-state index contributed by atoms with van der Waals surface area (Å²) < 4.78 is 45.5. The van der Waals surface area contributed by atoms with E-state index in [9.17, 15) is 13.2 Å². The lowest BCUT2D eigenvalue weighted by atomic mass is 10.1.